The van der Waals surface area contributed by atoms with Gasteiger partial charge in [-0.05, 0) is 25.5 Å². The van der Waals surface area contributed by atoms with Crippen LogP contribution in [-0.2, 0) is 19.4 Å². The molecule has 0 amide bonds. The molecule has 0 saturated carbocycles. The molecule has 144 valence electrons. The standard InChI is InChI=1S/C19H21N7O2/c1-3-16-22-18-9-6-14(11-25(18)24-16)21-17-10-12(2)20-19(23-17)13-4-7-15(8-5-13)26(27)28/h4-5,7-8,10,14H,3,6,9,11H2,1-2H3,(H,20,21,23). The molecule has 28 heavy (non-hydrogen) atoms. The molecule has 0 saturated heterocycles. The molecule has 4 rings (SSSR count). The molecule has 3 heterocycles. The van der Waals surface area contributed by atoms with E-state index in [-0.39, 0.29) is 11.7 Å². The van der Waals surface area contributed by atoms with Crippen molar-refractivity contribution in [3.63, 3.8) is 0 Å². The molecule has 1 atom stereocenters. The Balaban J connectivity index is 1.53. The smallest absolute Gasteiger partial charge is 0.269 e. The van der Waals surface area contributed by atoms with Crippen LogP contribution in [0, 0.1) is 17.0 Å². The number of hydrogen-bond acceptors (Lipinski definition) is 7. The van der Waals surface area contributed by atoms with Crippen molar-refractivity contribution in [3.05, 3.63) is 57.8 Å². The summed E-state index contributed by atoms with van der Waals surface area (Å²) in [6.45, 7) is 4.71. The van der Waals surface area contributed by atoms with E-state index < -0.39 is 4.92 Å². The lowest BCUT2D eigenvalue weighted by molar-refractivity contribution is -0.384. The fourth-order valence-electron chi connectivity index (χ4n) is 3.34. The van der Waals surface area contributed by atoms with Crippen molar-refractivity contribution in [2.24, 2.45) is 0 Å². The number of aromatic nitrogens is 5. The third-order valence-electron chi connectivity index (χ3n) is 4.76. The Bertz CT molecular complexity index is 1010. The molecular formula is C19H21N7O2. The molecule has 1 aromatic carbocycles. The molecule has 1 unspecified atom stereocenters. The maximum absolute atomic E-state index is 10.8. The summed E-state index contributed by atoms with van der Waals surface area (Å²) >= 11 is 0. The highest BCUT2D eigenvalue weighted by Crippen LogP contribution is 2.23. The summed E-state index contributed by atoms with van der Waals surface area (Å²) in [5, 5.41) is 18.9. The van der Waals surface area contributed by atoms with Crippen LogP contribution in [0.3, 0.4) is 0 Å². The lowest BCUT2D eigenvalue weighted by Gasteiger charge is -2.24. The number of hydrogen-bond donors (Lipinski definition) is 1. The Morgan fingerprint density at radius 1 is 1.25 bits per heavy atom. The van der Waals surface area contributed by atoms with Crippen molar-refractivity contribution >= 4 is 11.5 Å². The number of fused-ring (bicyclic) bond motifs is 1. The Kier molecular flexibility index (Phi) is 4.72. The first-order chi connectivity index (χ1) is 13.5. The van der Waals surface area contributed by atoms with Gasteiger partial charge in [0.25, 0.3) is 5.69 Å². The van der Waals surface area contributed by atoms with Gasteiger partial charge in [-0.2, -0.15) is 5.10 Å². The van der Waals surface area contributed by atoms with Crippen molar-refractivity contribution in [2.45, 2.75) is 45.7 Å². The van der Waals surface area contributed by atoms with Crippen molar-refractivity contribution in [3.8, 4) is 11.4 Å². The molecule has 0 spiro atoms. The zero-order valence-electron chi connectivity index (χ0n) is 15.8. The molecule has 9 nitrogen and oxygen atoms in total. The molecule has 0 fully saturated rings. The van der Waals surface area contributed by atoms with E-state index in [2.05, 4.69) is 32.3 Å². The summed E-state index contributed by atoms with van der Waals surface area (Å²) in [6.07, 6.45) is 2.67. The average molecular weight is 379 g/mol. The Hall–Kier alpha value is -3.36. The summed E-state index contributed by atoms with van der Waals surface area (Å²) in [7, 11) is 0. The van der Waals surface area contributed by atoms with E-state index in [0.29, 0.717) is 5.82 Å². The second kappa shape index (κ2) is 7.34. The number of rotatable bonds is 5. The van der Waals surface area contributed by atoms with Crippen molar-refractivity contribution in [2.75, 3.05) is 5.32 Å². The van der Waals surface area contributed by atoms with Crippen molar-refractivity contribution < 1.29 is 4.92 Å². The number of benzene rings is 1. The minimum atomic E-state index is -0.417. The van der Waals surface area contributed by atoms with Gasteiger partial charge in [0.15, 0.2) is 11.6 Å². The lowest BCUT2D eigenvalue weighted by atomic mass is 10.1. The zero-order chi connectivity index (χ0) is 19.7. The van der Waals surface area contributed by atoms with Crippen LogP contribution in [0.4, 0.5) is 11.5 Å². The first-order valence-electron chi connectivity index (χ1n) is 9.31. The highest BCUT2D eigenvalue weighted by Gasteiger charge is 2.22. The van der Waals surface area contributed by atoms with Gasteiger partial charge in [-0.3, -0.25) is 10.1 Å². The number of anilines is 1. The molecule has 0 bridgehead atoms. The largest absolute Gasteiger partial charge is 0.365 e. The van der Waals surface area contributed by atoms with Crippen LogP contribution in [0.25, 0.3) is 11.4 Å². The van der Waals surface area contributed by atoms with E-state index >= 15 is 0 Å². The number of aryl methyl sites for hydroxylation is 3. The fourth-order valence-corrected chi connectivity index (χ4v) is 3.34. The Labute approximate surface area is 162 Å². The van der Waals surface area contributed by atoms with Gasteiger partial charge in [0, 0.05) is 48.3 Å². The van der Waals surface area contributed by atoms with Crippen LogP contribution in [0.15, 0.2) is 30.3 Å². The SMILES string of the molecule is CCc1nc2n(n1)CC(Nc1cc(C)nc(-c3ccc([N+](=O)[O-])cc3)n1)CC2. The molecule has 0 radical (unpaired) electrons. The van der Waals surface area contributed by atoms with Gasteiger partial charge in [-0.15, -0.1) is 0 Å². The Morgan fingerprint density at radius 3 is 2.75 bits per heavy atom. The van der Waals surface area contributed by atoms with Crippen LogP contribution < -0.4 is 5.32 Å². The fraction of sp³-hybridized carbons (Fsp3) is 0.368. The number of nitro benzene ring substituents is 1. The predicted octanol–water partition coefficient (Wildman–Crippen LogP) is 2.94. The van der Waals surface area contributed by atoms with Gasteiger partial charge < -0.3 is 5.32 Å². The van der Waals surface area contributed by atoms with Gasteiger partial charge in [0.2, 0.25) is 0 Å². The highest BCUT2D eigenvalue weighted by molar-refractivity contribution is 5.59. The summed E-state index contributed by atoms with van der Waals surface area (Å²) in [4.78, 5) is 24.1. The first kappa shape index (κ1) is 18.0. The number of non-ortho nitro benzene ring substituents is 1. The molecule has 9 heteroatoms. The van der Waals surface area contributed by atoms with Crippen LogP contribution >= 0.6 is 0 Å². The summed E-state index contributed by atoms with van der Waals surface area (Å²) in [5.41, 5.74) is 1.62. The van der Waals surface area contributed by atoms with Crippen molar-refractivity contribution in [1.82, 2.24) is 24.7 Å². The van der Waals surface area contributed by atoms with Gasteiger partial charge in [0.1, 0.15) is 11.6 Å². The third-order valence-corrected chi connectivity index (χ3v) is 4.76. The second-order valence-electron chi connectivity index (χ2n) is 6.88. The Morgan fingerprint density at radius 2 is 2.04 bits per heavy atom. The van der Waals surface area contributed by atoms with Gasteiger partial charge >= 0.3 is 0 Å². The molecule has 1 aliphatic rings. The number of nitro groups is 1. The normalized spacial score (nSPS) is 15.9. The molecule has 1 aliphatic heterocycles. The van der Waals surface area contributed by atoms with Crippen molar-refractivity contribution in [1.29, 1.82) is 0 Å². The zero-order valence-corrected chi connectivity index (χ0v) is 15.8. The van der Waals surface area contributed by atoms with Crippen LogP contribution in [0.2, 0.25) is 0 Å². The summed E-state index contributed by atoms with van der Waals surface area (Å²) < 4.78 is 1.98. The highest BCUT2D eigenvalue weighted by atomic mass is 16.6. The molecule has 2 aromatic heterocycles. The maximum Gasteiger partial charge on any atom is 0.269 e. The van der Waals surface area contributed by atoms with E-state index in [4.69, 9.17) is 0 Å². The average Bonchev–Trinajstić information content (AvgIpc) is 3.10. The minimum absolute atomic E-state index is 0.0482. The predicted molar refractivity (Wildman–Crippen MR) is 104 cm³/mol. The maximum atomic E-state index is 10.8. The summed E-state index contributed by atoms with van der Waals surface area (Å²) in [5.74, 6) is 3.21. The van der Waals surface area contributed by atoms with Gasteiger partial charge in [-0.25, -0.2) is 19.6 Å². The van der Waals surface area contributed by atoms with Gasteiger partial charge in [-0.1, -0.05) is 6.92 Å². The van der Waals surface area contributed by atoms with Crippen LogP contribution in [0.5, 0.6) is 0 Å². The topological polar surface area (TPSA) is 112 Å². The minimum Gasteiger partial charge on any atom is -0.365 e. The van der Waals surface area contributed by atoms with Gasteiger partial charge in [0.05, 0.1) is 11.5 Å². The first-order valence-corrected chi connectivity index (χ1v) is 9.31. The van der Waals surface area contributed by atoms with Crippen LogP contribution in [-0.4, -0.2) is 35.7 Å². The number of nitrogens with one attached hydrogen (secondary N) is 1. The van der Waals surface area contributed by atoms with E-state index in [0.717, 1.165) is 54.5 Å². The van der Waals surface area contributed by atoms with E-state index in [1.54, 1.807) is 12.1 Å². The van der Waals surface area contributed by atoms with Crippen LogP contribution in [0.1, 0.15) is 30.7 Å². The van der Waals surface area contributed by atoms with E-state index in [1.165, 1.54) is 12.1 Å². The van der Waals surface area contributed by atoms with E-state index in [9.17, 15) is 10.1 Å². The quantitative estimate of drug-likeness (QED) is 0.536. The number of nitrogens with zero attached hydrogens (tertiary/aromatic N) is 6. The lowest BCUT2D eigenvalue weighted by Crippen LogP contribution is -2.32. The second-order valence-corrected chi connectivity index (χ2v) is 6.88. The molecule has 0 aliphatic carbocycles. The summed E-state index contributed by atoms with van der Waals surface area (Å²) in [6, 6.07) is 8.39. The molecular weight excluding hydrogens is 358 g/mol. The monoisotopic (exact) mass is 379 g/mol. The molecule has 1 N–H and O–H groups in total. The van der Waals surface area contributed by atoms with E-state index in [1.807, 2.05) is 17.7 Å². The third kappa shape index (κ3) is 3.68. The molecule has 3 aromatic rings.